The first-order chi connectivity index (χ1) is 6.75. The number of aromatic nitrogens is 1. The molecule has 5 heteroatoms. The molecule has 1 N–H and O–H groups in total. The molecule has 0 saturated carbocycles. The van der Waals surface area contributed by atoms with Gasteiger partial charge < -0.3 is 10.1 Å². The topological polar surface area (TPSA) is 34.1 Å². The summed E-state index contributed by atoms with van der Waals surface area (Å²) in [6.45, 7) is 3.99. The van der Waals surface area contributed by atoms with Crippen molar-refractivity contribution in [3.8, 4) is 0 Å². The van der Waals surface area contributed by atoms with Crippen LogP contribution in [-0.2, 0) is 4.74 Å². The molecule has 78 valence electrons. The minimum Gasteiger partial charge on any atom is -0.378 e. The summed E-state index contributed by atoms with van der Waals surface area (Å²) in [7, 11) is 0. The fraction of sp³-hybridized carbons (Fsp3) is 0.667. The lowest BCUT2D eigenvalue weighted by Crippen LogP contribution is -2.20. The van der Waals surface area contributed by atoms with Crippen molar-refractivity contribution in [2.24, 2.45) is 5.92 Å². The number of anilines is 1. The molecule has 0 spiro atoms. The van der Waals surface area contributed by atoms with Crippen LogP contribution in [0.2, 0.25) is 0 Å². The van der Waals surface area contributed by atoms with Crippen molar-refractivity contribution in [1.29, 1.82) is 0 Å². The summed E-state index contributed by atoms with van der Waals surface area (Å²) in [6, 6.07) is 0. The number of halogens is 1. The summed E-state index contributed by atoms with van der Waals surface area (Å²) < 4.78 is 6.40. The van der Waals surface area contributed by atoms with Gasteiger partial charge in [0, 0.05) is 24.4 Å². The van der Waals surface area contributed by atoms with Crippen LogP contribution in [0.3, 0.4) is 0 Å². The molecule has 1 aromatic rings. The molecule has 2 rings (SSSR count). The van der Waals surface area contributed by atoms with Crippen molar-refractivity contribution >= 4 is 32.4 Å². The second kappa shape index (κ2) is 4.59. The maximum Gasteiger partial charge on any atom is 0.183 e. The number of rotatable bonds is 3. The molecule has 2 unspecified atom stereocenters. The van der Waals surface area contributed by atoms with Crippen LogP contribution in [0.4, 0.5) is 5.13 Å². The monoisotopic (exact) mass is 276 g/mol. The van der Waals surface area contributed by atoms with Crippen molar-refractivity contribution in [2.45, 2.75) is 19.4 Å². The predicted octanol–water partition coefficient (Wildman–Crippen LogP) is 2.74. The van der Waals surface area contributed by atoms with E-state index in [9.17, 15) is 0 Å². The fourth-order valence-electron chi connectivity index (χ4n) is 1.60. The first-order valence-corrected chi connectivity index (χ1v) is 6.39. The highest BCUT2D eigenvalue weighted by Gasteiger charge is 2.23. The van der Waals surface area contributed by atoms with E-state index in [1.165, 1.54) is 0 Å². The maximum absolute atomic E-state index is 5.49. The lowest BCUT2D eigenvalue weighted by atomic mass is 10.0. The molecule has 0 aliphatic carbocycles. The molecule has 3 nitrogen and oxygen atoms in total. The third-order valence-electron chi connectivity index (χ3n) is 2.52. The van der Waals surface area contributed by atoms with E-state index in [0.29, 0.717) is 12.0 Å². The number of hydrogen-bond donors (Lipinski definition) is 1. The van der Waals surface area contributed by atoms with E-state index in [4.69, 9.17) is 4.74 Å². The summed E-state index contributed by atoms with van der Waals surface area (Å²) >= 11 is 4.96. The molecule has 2 atom stereocenters. The van der Waals surface area contributed by atoms with Crippen LogP contribution in [0, 0.1) is 5.92 Å². The molecular weight excluding hydrogens is 264 g/mol. The number of nitrogens with zero attached hydrogens (tertiary/aromatic N) is 1. The van der Waals surface area contributed by atoms with E-state index in [0.717, 1.165) is 29.3 Å². The molecule has 1 aliphatic heterocycles. The van der Waals surface area contributed by atoms with E-state index in [2.05, 4.69) is 33.2 Å². The Morgan fingerprint density at radius 1 is 1.79 bits per heavy atom. The summed E-state index contributed by atoms with van der Waals surface area (Å²) in [5.74, 6) is 0.623. The fourth-order valence-corrected chi connectivity index (χ4v) is 2.75. The van der Waals surface area contributed by atoms with E-state index >= 15 is 0 Å². The largest absolute Gasteiger partial charge is 0.378 e. The molecule has 2 heterocycles. The maximum atomic E-state index is 5.49. The molecular formula is C9H13BrN2OS. The molecule has 1 fully saturated rings. The zero-order valence-electron chi connectivity index (χ0n) is 8.00. The van der Waals surface area contributed by atoms with Gasteiger partial charge >= 0.3 is 0 Å². The zero-order chi connectivity index (χ0) is 9.97. The Hall–Kier alpha value is -0.130. The Kier molecular flexibility index (Phi) is 3.41. The molecule has 0 aromatic carbocycles. The number of hydrogen-bond acceptors (Lipinski definition) is 4. The van der Waals surface area contributed by atoms with Gasteiger partial charge in [-0.2, -0.15) is 0 Å². The second-order valence-electron chi connectivity index (χ2n) is 3.48. The average Bonchev–Trinajstić information content (AvgIpc) is 2.72. The molecule has 0 bridgehead atoms. The van der Waals surface area contributed by atoms with Gasteiger partial charge in [0.1, 0.15) is 4.60 Å². The van der Waals surface area contributed by atoms with Crippen LogP contribution < -0.4 is 5.32 Å². The Labute approximate surface area is 96.0 Å². The minimum atomic E-state index is 0.380. The van der Waals surface area contributed by atoms with Crippen LogP contribution in [0.15, 0.2) is 9.98 Å². The van der Waals surface area contributed by atoms with Gasteiger partial charge in [-0.05, 0) is 29.3 Å². The number of ether oxygens (including phenoxy) is 1. The van der Waals surface area contributed by atoms with Gasteiger partial charge in [0.15, 0.2) is 5.13 Å². The van der Waals surface area contributed by atoms with Crippen molar-refractivity contribution in [2.75, 3.05) is 18.5 Å². The van der Waals surface area contributed by atoms with Gasteiger partial charge in [0.25, 0.3) is 0 Å². The summed E-state index contributed by atoms with van der Waals surface area (Å²) in [5.41, 5.74) is 0. The second-order valence-corrected chi connectivity index (χ2v) is 5.15. The SMILES string of the molecule is CC1OCCC1CNc1nc(Br)cs1. The van der Waals surface area contributed by atoms with Crippen LogP contribution in [-0.4, -0.2) is 24.2 Å². The van der Waals surface area contributed by atoms with Crippen LogP contribution in [0.25, 0.3) is 0 Å². The van der Waals surface area contributed by atoms with Crippen LogP contribution in [0.1, 0.15) is 13.3 Å². The van der Waals surface area contributed by atoms with Crippen molar-refractivity contribution in [3.63, 3.8) is 0 Å². The van der Waals surface area contributed by atoms with Gasteiger partial charge in [-0.15, -0.1) is 11.3 Å². The third-order valence-corrected chi connectivity index (χ3v) is 4.03. The summed E-state index contributed by atoms with van der Waals surface area (Å²) in [4.78, 5) is 4.28. The standard InChI is InChI=1S/C9H13BrN2OS/c1-6-7(2-3-13-6)4-11-9-12-8(10)5-14-9/h5-7H,2-4H2,1H3,(H,11,12). The van der Waals surface area contributed by atoms with Gasteiger partial charge in [-0.1, -0.05) is 0 Å². The van der Waals surface area contributed by atoms with Crippen LogP contribution >= 0.6 is 27.3 Å². The number of thiazole rings is 1. The molecule has 0 radical (unpaired) electrons. The van der Waals surface area contributed by atoms with Gasteiger partial charge in [0.05, 0.1) is 6.10 Å². The Bertz CT molecular complexity index is 305. The lowest BCUT2D eigenvalue weighted by Gasteiger charge is -2.13. The Balaban J connectivity index is 1.82. The summed E-state index contributed by atoms with van der Waals surface area (Å²) in [6.07, 6.45) is 1.53. The zero-order valence-corrected chi connectivity index (χ0v) is 10.4. The lowest BCUT2D eigenvalue weighted by molar-refractivity contribution is 0.108. The normalized spacial score (nSPS) is 26.7. The van der Waals surface area contributed by atoms with Crippen molar-refractivity contribution in [3.05, 3.63) is 9.98 Å². The third kappa shape index (κ3) is 2.46. The van der Waals surface area contributed by atoms with Crippen LogP contribution in [0.5, 0.6) is 0 Å². The smallest absolute Gasteiger partial charge is 0.183 e. The molecule has 1 saturated heterocycles. The predicted molar refractivity (Wildman–Crippen MR) is 61.8 cm³/mol. The quantitative estimate of drug-likeness (QED) is 0.922. The van der Waals surface area contributed by atoms with E-state index in [1.807, 2.05) is 5.38 Å². The van der Waals surface area contributed by atoms with E-state index < -0.39 is 0 Å². The Morgan fingerprint density at radius 3 is 3.21 bits per heavy atom. The van der Waals surface area contributed by atoms with Crippen molar-refractivity contribution < 1.29 is 4.74 Å². The first-order valence-electron chi connectivity index (χ1n) is 4.72. The molecule has 1 aliphatic rings. The van der Waals surface area contributed by atoms with E-state index in [1.54, 1.807) is 11.3 Å². The first kappa shape index (κ1) is 10.4. The highest BCUT2D eigenvalue weighted by atomic mass is 79.9. The van der Waals surface area contributed by atoms with E-state index in [-0.39, 0.29) is 0 Å². The molecule has 0 amide bonds. The van der Waals surface area contributed by atoms with Crippen molar-refractivity contribution in [1.82, 2.24) is 4.98 Å². The molecule has 14 heavy (non-hydrogen) atoms. The highest BCUT2D eigenvalue weighted by Crippen LogP contribution is 2.23. The van der Waals surface area contributed by atoms with Gasteiger partial charge in [-0.3, -0.25) is 0 Å². The average molecular weight is 277 g/mol. The Morgan fingerprint density at radius 2 is 2.64 bits per heavy atom. The highest BCUT2D eigenvalue weighted by molar-refractivity contribution is 9.10. The number of nitrogens with one attached hydrogen (secondary N) is 1. The summed E-state index contributed by atoms with van der Waals surface area (Å²) in [5, 5.41) is 6.30. The van der Waals surface area contributed by atoms with Gasteiger partial charge in [0.2, 0.25) is 0 Å². The molecule has 1 aromatic heterocycles. The van der Waals surface area contributed by atoms with Gasteiger partial charge in [-0.25, -0.2) is 4.98 Å². The minimum absolute atomic E-state index is 0.380.